The summed E-state index contributed by atoms with van der Waals surface area (Å²) >= 11 is 0. The number of amides is 2. The Bertz CT molecular complexity index is 512. The average molecular weight is 291 g/mol. The number of nitrogens with zero attached hydrogens (tertiary/aromatic N) is 1. The fourth-order valence-electron chi connectivity index (χ4n) is 2.54. The molecule has 5 nitrogen and oxygen atoms in total. The van der Waals surface area contributed by atoms with Crippen LogP contribution in [0.25, 0.3) is 0 Å². The second kappa shape index (κ2) is 6.37. The number of carbonyl (C=O) groups is 2. The van der Waals surface area contributed by atoms with Gasteiger partial charge in [-0.05, 0) is 12.5 Å². The zero-order valence-corrected chi connectivity index (χ0v) is 12.4. The van der Waals surface area contributed by atoms with Crippen molar-refractivity contribution in [3.8, 4) is 0 Å². The first-order chi connectivity index (χ1) is 9.94. The first kappa shape index (κ1) is 15.7. The van der Waals surface area contributed by atoms with Crippen LogP contribution in [0.5, 0.6) is 0 Å². The van der Waals surface area contributed by atoms with Gasteiger partial charge >= 0.3 is 0 Å². The number of likely N-dealkylation sites (tertiary alicyclic amines) is 1. The van der Waals surface area contributed by atoms with Crippen molar-refractivity contribution in [3.63, 3.8) is 0 Å². The summed E-state index contributed by atoms with van der Waals surface area (Å²) in [6.07, 6.45) is 0.541. The maximum atomic E-state index is 12.4. The van der Waals surface area contributed by atoms with Gasteiger partial charge in [0.05, 0.1) is 18.1 Å². The molecular weight excluding hydrogens is 270 g/mol. The van der Waals surface area contributed by atoms with E-state index < -0.39 is 11.5 Å². The molecule has 1 fully saturated rings. The number of methoxy groups -OCH3 is 1. The van der Waals surface area contributed by atoms with Gasteiger partial charge in [0.1, 0.15) is 0 Å². The maximum absolute atomic E-state index is 12.4. The summed E-state index contributed by atoms with van der Waals surface area (Å²) in [6, 6.07) is 9.28. The molecule has 1 aromatic carbocycles. The van der Waals surface area contributed by atoms with E-state index in [1.807, 2.05) is 30.3 Å². The van der Waals surface area contributed by atoms with E-state index in [4.69, 9.17) is 4.74 Å². The van der Waals surface area contributed by atoms with Crippen molar-refractivity contribution >= 4 is 11.8 Å². The molecular formula is C16H21NO4. The summed E-state index contributed by atoms with van der Waals surface area (Å²) < 4.78 is 4.94. The highest BCUT2D eigenvalue weighted by molar-refractivity contribution is 6.06. The van der Waals surface area contributed by atoms with E-state index in [1.165, 1.54) is 4.90 Å². The quantitative estimate of drug-likeness (QED) is 0.803. The Morgan fingerprint density at radius 3 is 2.62 bits per heavy atom. The first-order valence-corrected chi connectivity index (χ1v) is 7.05. The standard InChI is InChI=1S/C16H21NO4/c1-16(20,8-9-21-2)11-17-14(18)10-13(15(17)19)12-6-4-3-5-7-12/h3-7,13,20H,8-11H2,1-2H3. The molecule has 1 aliphatic rings. The molecule has 5 heteroatoms. The van der Waals surface area contributed by atoms with Crippen LogP contribution in [0.3, 0.4) is 0 Å². The highest BCUT2D eigenvalue weighted by Gasteiger charge is 2.42. The molecule has 2 unspecified atom stereocenters. The van der Waals surface area contributed by atoms with E-state index in [1.54, 1.807) is 14.0 Å². The minimum absolute atomic E-state index is 0.0113. The number of ether oxygens (including phenoxy) is 1. The van der Waals surface area contributed by atoms with E-state index >= 15 is 0 Å². The van der Waals surface area contributed by atoms with Gasteiger partial charge in [0, 0.05) is 26.6 Å². The van der Waals surface area contributed by atoms with E-state index in [2.05, 4.69) is 0 Å². The van der Waals surface area contributed by atoms with E-state index in [9.17, 15) is 14.7 Å². The average Bonchev–Trinajstić information content (AvgIpc) is 2.74. The van der Waals surface area contributed by atoms with E-state index in [0.717, 1.165) is 5.56 Å². The lowest BCUT2D eigenvalue weighted by Gasteiger charge is -2.27. The third-order valence-electron chi connectivity index (χ3n) is 3.79. The number of aliphatic hydroxyl groups is 1. The molecule has 1 aliphatic heterocycles. The highest BCUT2D eigenvalue weighted by Crippen LogP contribution is 2.30. The Morgan fingerprint density at radius 1 is 1.33 bits per heavy atom. The van der Waals surface area contributed by atoms with Gasteiger partial charge in [0.2, 0.25) is 11.8 Å². The third kappa shape index (κ3) is 3.68. The van der Waals surface area contributed by atoms with Gasteiger partial charge in [0.15, 0.2) is 0 Å². The molecule has 114 valence electrons. The van der Waals surface area contributed by atoms with Gasteiger partial charge in [-0.2, -0.15) is 0 Å². The number of β-amino-alcohol motifs (C(OH)–C–C–N with tert-alkyl or cyclic N) is 1. The van der Waals surface area contributed by atoms with Crippen LogP contribution in [-0.2, 0) is 14.3 Å². The fourth-order valence-corrected chi connectivity index (χ4v) is 2.54. The zero-order valence-electron chi connectivity index (χ0n) is 12.4. The van der Waals surface area contributed by atoms with Crippen molar-refractivity contribution < 1.29 is 19.4 Å². The molecule has 0 radical (unpaired) electrons. The van der Waals surface area contributed by atoms with Crippen molar-refractivity contribution in [2.75, 3.05) is 20.3 Å². The smallest absolute Gasteiger partial charge is 0.237 e. The number of imide groups is 1. The van der Waals surface area contributed by atoms with Crippen molar-refractivity contribution in [2.24, 2.45) is 0 Å². The van der Waals surface area contributed by atoms with Crippen LogP contribution < -0.4 is 0 Å². The summed E-state index contributed by atoms with van der Waals surface area (Å²) in [4.78, 5) is 25.7. The molecule has 2 amide bonds. The molecule has 21 heavy (non-hydrogen) atoms. The normalized spacial score (nSPS) is 21.7. The van der Waals surface area contributed by atoms with Crippen molar-refractivity contribution in [2.45, 2.75) is 31.3 Å². The van der Waals surface area contributed by atoms with Gasteiger partial charge in [-0.15, -0.1) is 0 Å². The number of carbonyl (C=O) groups excluding carboxylic acids is 2. The lowest BCUT2D eigenvalue weighted by Crippen LogP contribution is -2.44. The summed E-state index contributed by atoms with van der Waals surface area (Å²) in [6.45, 7) is 2.01. The minimum Gasteiger partial charge on any atom is -0.388 e. The third-order valence-corrected chi connectivity index (χ3v) is 3.79. The second-order valence-corrected chi connectivity index (χ2v) is 5.73. The Hall–Kier alpha value is -1.72. The van der Waals surface area contributed by atoms with Crippen LogP contribution in [0.15, 0.2) is 30.3 Å². The van der Waals surface area contributed by atoms with Gasteiger partial charge in [-0.3, -0.25) is 14.5 Å². The van der Waals surface area contributed by atoms with E-state index in [-0.39, 0.29) is 24.8 Å². The molecule has 0 aromatic heterocycles. The maximum Gasteiger partial charge on any atom is 0.237 e. The van der Waals surface area contributed by atoms with Crippen LogP contribution in [0.1, 0.15) is 31.2 Å². The van der Waals surface area contributed by atoms with E-state index in [0.29, 0.717) is 13.0 Å². The molecule has 0 saturated carbocycles. The predicted molar refractivity (Wildman–Crippen MR) is 77.6 cm³/mol. The highest BCUT2D eigenvalue weighted by atomic mass is 16.5. The molecule has 0 spiro atoms. The Morgan fingerprint density at radius 2 is 2.00 bits per heavy atom. The number of benzene rings is 1. The molecule has 0 aliphatic carbocycles. The SMILES string of the molecule is COCCC(C)(O)CN1C(=O)CC(c2ccccc2)C1=O. The van der Waals surface area contributed by atoms with Crippen molar-refractivity contribution in [3.05, 3.63) is 35.9 Å². The van der Waals surface area contributed by atoms with Gasteiger partial charge in [0.25, 0.3) is 0 Å². The van der Waals surface area contributed by atoms with Crippen LogP contribution in [0, 0.1) is 0 Å². The molecule has 0 bridgehead atoms. The monoisotopic (exact) mass is 291 g/mol. The molecule has 1 N–H and O–H groups in total. The zero-order chi connectivity index (χ0) is 15.5. The Kier molecular flexibility index (Phi) is 4.75. The predicted octanol–water partition coefficient (Wildman–Crippen LogP) is 1.32. The lowest BCUT2D eigenvalue weighted by molar-refractivity contribution is -0.143. The lowest BCUT2D eigenvalue weighted by atomic mass is 9.97. The van der Waals surface area contributed by atoms with Crippen LogP contribution in [0.2, 0.25) is 0 Å². The Balaban J connectivity index is 2.09. The summed E-state index contributed by atoms with van der Waals surface area (Å²) in [5.74, 6) is -0.896. The van der Waals surface area contributed by atoms with Gasteiger partial charge < -0.3 is 9.84 Å². The largest absolute Gasteiger partial charge is 0.388 e. The van der Waals surface area contributed by atoms with Gasteiger partial charge in [-0.1, -0.05) is 30.3 Å². The van der Waals surface area contributed by atoms with Crippen molar-refractivity contribution in [1.82, 2.24) is 4.90 Å². The number of hydrogen-bond donors (Lipinski definition) is 1. The molecule has 1 aromatic rings. The van der Waals surface area contributed by atoms with Gasteiger partial charge in [-0.25, -0.2) is 0 Å². The summed E-state index contributed by atoms with van der Waals surface area (Å²) in [5.41, 5.74) is -0.290. The summed E-state index contributed by atoms with van der Waals surface area (Å²) in [5, 5.41) is 10.3. The Labute approximate surface area is 124 Å². The molecule has 1 saturated heterocycles. The molecule has 1 heterocycles. The first-order valence-electron chi connectivity index (χ1n) is 7.05. The molecule has 2 rings (SSSR count). The number of rotatable bonds is 6. The summed E-state index contributed by atoms with van der Waals surface area (Å²) in [7, 11) is 1.55. The van der Waals surface area contributed by atoms with Crippen LogP contribution in [-0.4, -0.2) is 47.7 Å². The van der Waals surface area contributed by atoms with Crippen LogP contribution >= 0.6 is 0 Å². The number of hydrogen-bond acceptors (Lipinski definition) is 4. The van der Waals surface area contributed by atoms with Crippen molar-refractivity contribution in [1.29, 1.82) is 0 Å². The molecule has 2 atom stereocenters. The second-order valence-electron chi connectivity index (χ2n) is 5.73. The minimum atomic E-state index is -1.13. The fraction of sp³-hybridized carbons (Fsp3) is 0.500. The van der Waals surface area contributed by atoms with Crippen LogP contribution in [0.4, 0.5) is 0 Å². The topological polar surface area (TPSA) is 66.8 Å².